The first-order chi connectivity index (χ1) is 17.4. The molecule has 0 aliphatic carbocycles. The van der Waals surface area contributed by atoms with Crippen LogP contribution in [0.2, 0.25) is 0 Å². The Balaban J connectivity index is 1.51. The Hall–Kier alpha value is -3.33. The van der Waals surface area contributed by atoms with Crippen LogP contribution in [0.3, 0.4) is 0 Å². The van der Waals surface area contributed by atoms with E-state index in [0.29, 0.717) is 31.8 Å². The summed E-state index contributed by atoms with van der Waals surface area (Å²) in [6, 6.07) is 13.4. The molecule has 0 radical (unpaired) electrons. The van der Waals surface area contributed by atoms with E-state index < -0.39 is 18.3 Å². The van der Waals surface area contributed by atoms with E-state index in [2.05, 4.69) is 17.2 Å². The summed E-state index contributed by atoms with van der Waals surface area (Å²) in [6.45, 7) is 2.27. The molecule has 2 aromatic carbocycles. The summed E-state index contributed by atoms with van der Waals surface area (Å²) in [5.41, 5.74) is 3.62. The van der Waals surface area contributed by atoms with E-state index in [-0.39, 0.29) is 32.0 Å². The zero-order chi connectivity index (χ0) is 25.9. The summed E-state index contributed by atoms with van der Waals surface area (Å²) in [5, 5.41) is 22.9. The number of aliphatic hydroxyl groups excluding tert-OH is 2. The zero-order valence-electron chi connectivity index (χ0n) is 20.7. The molecule has 1 saturated heterocycles. The maximum atomic E-state index is 12.0. The molecular weight excluding hydrogens is 456 g/mol. The van der Waals surface area contributed by atoms with E-state index in [1.54, 1.807) is 0 Å². The van der Waals surface area contributed by atoms with E-state index in [1.807, 2.05) is 54.4 Å². The SMILES string of the molecule is C#CCN(C)CCNC(=O)CCOc1ccc(Cc2cc([C@@H]3OC[C@@H](O)C[C@H]3O)ccc2C#C)cc1. The standard InChI is InChI=1S/C29H34N2O5/c1-4-14-31(3)15-13-30-28(34)12-16-35-26-10-6-21(7-11-26)17-24-18-23(9-8-22(24)5-2)29-27(33)19-25(32)20-36-29/h1-2,6-11,18,25,27,29,32-33H,12-17,19-20H2,3H3,(H,30,34)/t25-,27+,29-/m0/s1. The van der Waals surface area contributed by atoms with Gasteiger partial charge in [0.25, 0.3) is 0 Å². The number of nitrogens with zero attached hydrogens (tertiary/aromatic N) is 1. The number of carbonyl (C=O) groups is 1. The highest BCUT2D eigenvalue weighted by atomic mass is 16.5. The van der Waals surface area contributed by atoms with Gasteiger partial charge in [0, 0.05) is 25.1 Å². The number of nitrogens with one attached hydrogen (secondary N) is 1. The Kier molecular flexibility index (Phi) is 10.4. The summed E-state index contributed by atoms with van der Waals surface area (Å²) in [5.74, 6) is 5.90. The molecule has 0 aromatic heterocycles. The lowest BCUT2D eigenvalue weighted by Gasteiger charge is -2.31. The number of rotatable bonds is 11. The van der Waals surface area contributed by atoms with Crippen LogP contribution in [0.1, 0.15) is 41.2 Å². The summed E-state index contributed by atoms with van der Waals surface area (Å²) < 4.78 is 11.4. The van der Waals surface area contributed by atoms with Gasteiger partial charge in [0.05, 0.1) is 38.4 Å². The summed E-state index contributed by atoms with van der Waals surface area (Å²) >= 11 is 0. The largest absolute Gasteiger partial charge is 0.493 e. The van der Waals surface area contributed by atoms with Gasteiger partial charge in [-0.2, -0.15) is 0 Å². The van der Waals surface area contributed by atoms with Gasteiger partial charge in [-0.1, -0.05) is 36.1 Å². The number of benzene rings is 2. The highest BCUT2D eigenvalue weighted by Gasteiger charge is 2.30. The molecule has 1 amide bonds. The molecule has 1 aliphatic heterocycles. The lowest BCUT2D eigenvalue weighted by molar-refractivity contribution is -0.125. The van der Waals surface area contributed by atoms with Crippen molar-refractivity contribution >= 4 is 5.91 Å². The van der Waals surface area contributed by atoms with Crippen LogP contribution in [-0.4, -0.2) is 73.1 Å². The number of amides is 1. The van der Waals surface area contributed by atoms with Crippen molar-refractivity contribution in [1.82, 2.24) is 10.2 Å². The molecule has 36 heavy (non-hydrogen) atoms. The molecule has 190 valence electrons. The monoisotopic (exact) mass is 490 g/mol. The fraction of sp³-hybridized carbons (Fsp3) is 0.414. The molecule has 1 fully saturated rings. The molecule has 2 aromatic rings. The number of ether oxygens (including phenoxy) is 2. The third-order valence-electron chi connectivity index (χ3n) is 6.04. The normalized spacial score (nSPS) is 19.3. The molecule has 1 aliphatic rings. The number of hydrogen-bond acceptors (Lipinski definition) is 6. The average Bonchev–Trinajstić information content (AvgIpc) is 2.85. The molecule has 0 spiro atoms. The second-order valence-corrected chi connectivity index (χ2v) is 8.98. The number of hydrogen-bond donors (Lipinski definition) is 3. The quantitative estimate of drug-likeness (QED) is 0.417. The van der Waals surface area contributed by atoms with Crippen LogP contribution in [0.4, 0.5) is 0 Å². The van der Waals surface area contributed by atoms with Crippen molar-refractivity contribution in [2.75, 3.05) is 39.9 Å². The van der Waals surface area contributed by atoms with Crippen LogP contribution in [0.5, 0.6) is 5.75 Å². The lowest BCUT2D eigenvalue weighted by atomic mass is 9.92. The number of carbonyl (C=O) groups excluding carboxylic acids is 1. The summed E-state index contributed by atoms with van der Waals surface area (Å²) in [6.07, 6.45) is 10.2. The van der Waals surface area contributed by atoms with E-state index in [4.69, 9.17) is 22.3 Å². The van der Waals surface area contributed by atoms with Crippen LogP contribution in [0.25, 0.3) is 0 Å². The third kappa shape index (κ3) is 8.12. The molecule has 1 heterocycles. The molecule has 0 bridgehead atoms. The number of terminal acetylenes is 2. The first-order valence-electron chi connectivity index (χ1n) is 12.1. The van der Waals surface area contributed by atoms with Crippen molar-refractivity contribution in [2.24, 2.45) is 0 Å². The summed E-state index contributed by atoms with van der Waals surface area (Å²) in [7, 11) is 1.91. The van der Waals surface area contributed by atoms with Crippen LogP contribution in [0.15, 0.2) is 42.5 Å². The molecule has 3 N–H and O–H groups in total. The van der Waals surface area contributed by atoms with E-state index in [9.17, 15) is 15.0 Å². The van der Waals surface area contributed by atoms with Crippen molar-refractivity contribution < 1.29 is 24.5 Å². The van der Waals surface area contributed by atoms with Gasteiger partial charge in [-0.25, -0.2) is 0 Å². The molecular formula is C29H34N2O5. The van der Waals surface area contributed by atoms with Crippen LogP contribution < -0.4 is 10.1 Å². The fourth-order valence-corrected chi connectivity index (χ4v) is 4.09. The van der Waals surface area contributed by atoms with Gasteiger partial charge in [0.1, 0.15) is 11.9 Å². The minimum atomic E-state index is -0.772. The highest BCUT2D eigenvalue weighted by molar-refractivity contribution is 5.75. The average molecular weight is 491 g/mol. The smallest absolute Gasteiger partial charge is 0.223 e. The minimum Gasteiger partial charge on any atom is -0.493 e. The van der Waals surface area contributed by atoms with Crippen molar-refractivity contribution in [3.8, 4) is 30.4 Å². The van der Waals surface area contributed by atoms with Crippen LogP contribution >= 0.6 is 0 Å². The fourth-order valence-electron chi connectivity index (χ4n) is 4.09. The number of likely N-dealkylation sites (N-methyl/N-ethyl adjacent to an activating group) is 1. The minimum absolute atomic E-state index is 0.0657. The Bertz CT molecular complexity index is 1090. The van der Waals surface area contributed by atoms with E-state index >= 15 is 0 Å². The second-order valence-electron chi connectivity index (χ2n) is 8.98. The first-order valence-corrected chi connectivity index (χ1v) is 12.1. The molecule has 0 unspecified atom stereocenters. The van der Waals surface area contributed by atoms with Gasteiger partial charge in [-0.3, -0.25) is 9.69 Å². The Morgan fingerprint density at radius 2 is 2.00 bits per heavy atom. The number of aliphatic hydroxyl groups is 2. The van der Waals surface area contributed by atoms with Crippen LogP contribution in [0, 0.1) is 24.7 Å². The van der Waals surface area contributed by atoms with Crippen LogP contribution in [-0.2, 0) is 16.0 Å². The lowest BCUT2D eigenvalue weighted by Crippen LogP contribution is -2.35. The first kappa shape index (κ1) is 27.3. The van der Waals surface area contributed by atoms with Gasteiger partial charge in [-0.05, 0) is 48.4 Å². The molecule has 0 saturated carbocycles. The van der Waals surface area contributed by atoms with Crippen molar-refractivity contribution in [1.29, 1.82) is 0 Å². The van der Waals surface area contributed by atoms with Gasteiger partial charge in [0.2, 0.25) is 5.91 Å². The van der Waals surface area contributed by atoms with Gasteiger partial charge in [0.15, 0.2) is 0 Å². The predicted octanol–water partition coefficient (Wildman–Crippen LogP) is 1.89. The van der Waals surface area contributed by atoms with Gasteiger partial charge < -0.3 is 25.0 Å². The third-order valence-corrected chi connectivity index (χ3v) is 6.04. The molecule has 3 atom stereocenters. The Morgan fingerprint density at radius 1 is 1.22 bits per heavy atom. The molecule has 7 nitrogen and oxygen atoms in total. The topological polar surface area (TPSA) is 91.3 Å². The van der Waals surface area contributed by atoms with Gasteiger partial charge >= 0.3 is 0 Å². The predicted molar refractivity (Wildman–Crippen MR) is 138 cm³/mol. The van der Waals surface area contributed by atoms with Crippen molar-refractivity contribution in [3.63, 3.8) is 0 Å². The molecule has 3 rings (SSSR count). The maximum absolute atomic E-state index is 12.0. The van der Waals surface area contributed by atoms with Crippen molar-refractivity contribution in [2.45, 2.75) is 37.6 Å². The highest BCUT2D eigenvalue weighted by Crippen LogP contribution is 2.30. The van der Waals surface area contributed by atoms with Gasteiger partial charge in [-0.15, -0.1) is 12.8 Å². The van der Waals surface area contributed by atoms with Crippen molar-refractivity contribution in [3.05, 3.63) is 64.7 Å². The Morgan fingerprint density at radius 3 is 2.69 bits per heavy atom. The maximum Gasteiger partial charge on any atom is 0.223 e. The van der Waals surface area contributed by atoms with E-state index in [1.165, 1.54) is 0 Å². The molecule has 7 heteroatoms. The Labute approximate surface area is 213 Å². The van der Waals surface area contributed by atoms with E-state index in [0.717, 1.165) is 22.3 Å². The second kappa shape index (κ2) is 13.7. The summed E-state index contributed by atoms with van der Waals surface area (Å²) in [4.78, 5) is 13.9. The zero-order valence-corrected chi connectivity index (χ0v) is 20.7.